The molecule has 0 aliphatic carbocycles. The number of sulfonamides is 1. The smallest absolute Gasteiger partial charge is 0.267 e. The lowest BCUT2D eigenvalue weighted by molar-refractivity contribution is 0.0650. The van der Waals surface area contributed by atoms with Crippen LogP contribution in [0.1, 0.15) is 43.1 Å². The van der Waals surface area contributed by atoms with Crippen LogP contribution in [0.4, 0.5) is 0 Å². The predicted molar refractivity (Wildman–Crippen MR) is 96.5 cm³/mol. The molecule has 0 atom stereocenters. The van der Waals surface area contributed by atoms with E-state index in [9.17, 15) is 22.8 Å². The molecule has 27 heavy (non-hydrogen) atoms. The van der Waals surface area contributed by atoms with Gasteiger partial charge in [0.05, 0.1) is 16.9 Å². The lowest BCUT2D eigenvalue weighted by Gasteiger charge is -2.28. The second-order valence-electron chi connectivity index (χ2n) is 6.45. The maximum absolute atomic E-state index is 12.6. The Bertz CT molecular complexity index is 1040. The minimum Gasteiger partial charge on any atom is -0.274 e. The Balaban J connectivity index is 1.48. The SMILES string of the molecule is O=C1c2ccccc2C(=O)N1CCCN1C(=O)c2ccccc2CS1(=O)=O. The highest BCUT2D eigenvalue weighted by Crippen LogP contribution is 2.26. The van der Waals surface area contributed by atoms with Crippen molar-refractivity contribution in [3.8, 4) is 0 Å². The molecule has 0 saturated carbocycles. The van der Waals surface area contributed by atoms with Crippen LogP contribution < -0.4 is 0 Å². The number of carbonyl (C=O) groups is 3. The molecule has 0 spiro atoms. The molecule has 2 aromatic rings. The van der Waals surface area contributed by atoms with Gasteiger partial charge in [-0.1, -0.05) is 30.3 Å². The second kappa shape index (κ2) is 6.31. The normalized spacial score (nSPS) is 17.9. The van der Waals surface area contributed by atoms with E-state index in [-0.39, 0.29) is 25.3 Å². The number of hydrogen-bond donors (Lipinski definition) is 0. The highest BCUT2D eigenvalue weighted by atomic mass is 32.2. The van der Waals surface area contributed by atoms with E-state index >= 15 is 0 Å². The summed E-state index contributed by atoms with van der Waals surface area (Å²) in [7, 11) is -3.77. The summed E-state index contributed by atoms with van der Waals surface area (Å²) in [6, 6.07) is 13.2. The van der Waals surface area contributed by atoms with E-state index in [2.05, 4.69) is 0 Å². The quantitative estimate of drug-likeness (QED) is 0.748. The number of hydrogen-bond acceptors (Lipinski definition) is 5. The van der Waals surface area contributed by atoms with Gasteiger partial charge in [-0.2, -0.15) is 0 Å². The maximum Gasteiger partial charge on any atom is 0.267 e. The Morgan fingerprint density at radius 2 is 1.30 bits per heavy atom. The van der Waals surface area contributed by atoms with E-state index in [0.29, 0.717) is 22.3 Å². The molecule has 0 N–H and O–H groups in total. The predicted octanol–water partition coefficient (Wildman–Crippen LogP) is 1.66. The zero-order chi connectivity index (χ0) is 19.2. The highest BCUT2D eigenvalue weighted by Gasteiger charge is 2.37. The first-order valence-corrected chi connectivity index (χ1v) is 10.1. The van der Waals surface area contributed by atoms with Crippen molar-refractivity contribution in [2.75, 3.05) is 13.1 Å². The fraction of sp³-hybridized carbons (Fsp3) is 0.211. The summed E-state index contributed by atoms with van der Waals surface area (Å²) in [4.78, 5) is 38.4. The van der Waals surface area contributed by atoms with Crippen LogP contribution in [0.15, 0.2) is 48.5 Å². The summed E-state index contributed by atoms with van der Waals surface area (Å²) >= 11 is 0. The number of nitrogens with zero attached hydrogens (tertiary/aromatic N) is 2. The van der Waals surface area contributed by atoms with Crippen molar-refractivity contribution in [2.24, 2.45) is 0 Å². The number of rotatable bonds is 4. The lowest BCUT2D eigenvalue weighted by Crippen LogP contribution is -2.43. The second-order valence-corrected chi connectivity index (χ2v) is 8.35. The van der Waals surface area contributed by atoms with Crippen molar-refractivity contribution < 1.29 is 22.8 Å². The van der Waals surface area contributed by atoms with Crippen LogP contribution in [0.25, 0.3) is 0 Å². The van der Waals surface area contributed by atoms with Crippen molar-refractivity contribution >= 4 is 27.7 Å². The van der Waals surface area contributed by atoms with Crippen LogP contribution >= 0.6 is 0 Å². The topological polar surface area (TPSA) is 91.8 Å². The molecule has 0 bridgehead atoms. The van der Waals surface area contributed by atoms with Crippen molar-refractivity contribution in [3.63, 3.8) is 0 Å². The van der Waals surface area contributed by atoms with Gasteiger partial charge in [-0.25, -0.2) is 12.7 Å². The van der Waals surface area contributed by atoms with Crippen molar-refractivity contribution in [1.29, 1.82) is 0 Å². The number of imide groups is 1. The van der Waals surface area contributed by atoms with E-state index in [1.165, 1.54) is 0 Å². The fourth-order valence-corrected chi connectivity index (χ4v) is 5.00. The molecule has 0 aromatic heterocycles. The number of amides is 3. The first-order valence-electron chi connectivity index (χ1n) is 8.48. The fourth-order valence-electron chi connectivity index (χ4n) is 3.45. The first kappa shape index (κ1) is 17.4. The lowest BCUT2D eigenvalue weighted by atomic mass is 10.1. The average molecular weight is 384 g/mol. The molecular formula is C19H16N2O5S. The Kier molecular flexibility index (Phi) is 4.07. The molecule has 0 saturated heterocycles. The average Bonchev–Trinajstić information content (AvgIpc) is 2.89. The molecule has 3 amide bonds. The largest absolute Gasteiger partial charge is 0.274 e. The van der Waals surface area contributed by atoms with Crippen LogP contribution in [0.2, 0.25) is 0 Å². The Hall–Kier alpha value is -3.00. The molecular weight excluding hydrogens is 368 g/mol. The zero-order valence-electron chi connectivity index (χ0n) is 14.3. The molecule has 0 fully saturated rings. The highest BCUT2D eigenvalue weighted by molar-refractivity contribution is 7.89. The van der Waals surface area contributed by atoms with Gasteiger partial charge in [0.25, 0.3) is 17.7 Å². The van der Waals surface area contributed by atoms with E-state index in [0.717, 1.165) is 9.21 Å². The van der Waals surface area contributed by atoms with Gasteiger partial charge in [0.1, 0.15) is 0 Å². The third-order valence-electron chi connectivity index (χ3n) is 4.77. The number of fused-ring (bicyclic) bond motifs is 2. The van der Waals surface area contributed by atoms with Crippen molar-refractivity contribution in [1.82, 2.24) is 9.21 Å². The van der Waals surface area contributed by atoms with Gasteiger partial charge >= 0.3 is 0 Å². The molecule has 0 radical (unpaired) electrons. The third-order valence-corrected chi connectivity index (χ3v) is 6.46. The molecule has 0 unspecified atom stereocenters. The summed E-state index contributed by atoms with van der Waals surface area (Å²) < 4.78 is 25.7. The minimum atomic E-state index is -3.77. The minimum absolute atomic E-state index is 0.0489. The van der Waals surface area contributed by atoms with Crippen molar-refractivity contribution in [3.05, 3.63) is 70.8 Å². The summed E-state index contributed by atoms with van der Waals surface area (Å²) in [5, 5.41) is 0. The molecule has 2 heterocycles. The molecule has 8 heteroatoms. The van der Waals surface area contributed by atoms with Crippen molar-refractivity contribution in [2.45, 2.75) is 12.2 Å². The summed E-state index contributed by atoms with van der Waals surface area (Å²) in [5.41, 5.74) is 1.54. The molecule has 7 nitrogen and oxygen atoms in total. The van der Waals surface area contributed by atoms with Gasteiger partial charge in [-0.05, 0) is 30.2 Å². The number of carbonyl (C=O) groups excluding carboxylic acids is 3. The third kappa shape index (κ3) is 2.82. The van der Waals surface area contributed by atoms with Crippen LogP contribution in [-0.2, 0) is 15.8 Å². The van der Waals surface area contributed by atoms with Gasteiger partial charge in [0.2, 0.25) is 10.0 Å². The molecule has 2 aromatic carbocycles. The van der Waals surface area contributed by atoms with Crippen LogP contribution in [0, 0.1) is 0 Å². The van der Waals surface area contributed by atoms with Gasteiger partial charge in [0.15, 0.2) is 0 Å². The zero-order valence-corrected chi connectivity index (χ0v) is 15.1. The van der Waals surface area contributed by atoms with E-state index in [1.807, 2.05) is 0 Å². The van der Waals surface area contributed by atoms with Gasteiger partial charge in [-0.3, -0.25) is 19.3 Å². The monoisotopic (exact) mass is 384 g/mol. The Labute approximate surface area is 156 Å². The Morgan fingerprint density at radius 3 is 1.93 bits per heavy atom. The molecule has 138 valence electrons. The molecule has 4 rings (SSSR count). The summed E-state index contributed by atoms with van der Waals surface area (Å²) in [6.45, 7) is -0.0315. The number of benzene rings is 2. The standard InChI is InChI=1S/C19H16N2O5S/c22-17-15-8-3-4-9-16(15)18(23)20(17)10-5-11-21-19(24)14-7-2-1-6-13(14)12-27(21,25)26/h1-4,6-9H,5,10-12H2. The van der Waals surface area contributed by atoms with Crippen LogP contribution in [0.3, 0.4) is 0 Å². The summed E-state index contributed by atoms with van der Waals surface area (Å²) in [6.07, 6.45) is 0.179. The summed E-state index contributed by atoms with van der Waals surface area (Å²) in [5.74, 6) is -1.59. The van der Waals surface area contributed by atoms with E-state index < -0.39 is 27.7 Å². The molecule has 2 aliphatic heterocycles. The van der Waals surface area contributed by atoms with Crippen LogP contribution in [-0.4, -0.2) is 48.4 Å². The van der Waals surface area contributed by atoms with Gasteiger partial charge in [0, 0.05) is 18.7 Å². The molecule has 2 aliphatic rings. The van der Waals surface area contributed by atoms with E-state index in [1.54, 1.807) is 48.5 Å². The van der Waals surface area contributed by atoms with Gasteiger partial charge in [-0.15, -0.1) is 0 Å². The first-order chi connectivity index (χ1) is 12.9. The van der Waals surface area contributed by atoms with Gasteiger partial charge < -0.3 is 0 Å². The maximum atomic E-state index is 12.6. The van der Waals surface area contributed by atoms with E-state index in [4.69, 9.17) is 0 Å². The van der Waals surface area contributed by atoms with Crippen LogP contribution in [0.5, 0.6) is 0 Å². The Morgan fingerprint density at radius 1 is 0.741 bits per heavy atom.